The Morgan fingerprint density at radius 3 is 2.75 bits per heavy atom. The first-order valence-electron chi connectivity index (χ1n) is 6.10. The van der Waals surface area contributed by atoms with Gasteiger partial charge in [0.05, 0.1) is 12.7 Å². The van der Waals surface area contributed by atoms with Crippen LogP contribution in [0.25, 0.3) is 10.6 Å². The van der Waals surface area contributed by atoms with Gasteiger partial charge in [-0.25, -0.2) is 4.99 Å². The molecule has 1 heterocycles. The summed E-state index contributed by atoms with van der Waals surface area (Å²) >= 11 is 1.37. The highest BCUT2D eigenvalue weighted by molar-refractivity contribution is 7.18. The van der Waals surface area contributed by atoms with Gasteiger partial charge in [-0.15, -0.1) is 10.2 Å². The van der Waals surface area contributed by atoms with Gasteiger partial charge < -0.3 is 4.74 Å². The molecule has 0 aliphatic carbocycles. The molecular formula is C14H15N3O2S. The minimum Gasteiger partial charge on any atom is -0.496 e. The van der Waals surface area contributed by atoms with E-state index in [4.69, 9.17) is 4.74 Å². The van der Waals surface area contributed by atoms with Gasteiger partial charge in [0.25, 0.3) is 0 Å². The van der Waals surface area contributed by atoms with Crippen LogP contribution in [0.3, 0.4) is 0 Å². The van der Waals surface area contributed by atoms with Crippen LogP contribution in [0.5, 0.6) is 5.75 Å². The van der Waals surface area contributed by atoms with Crippen LogP contribution in [0.1, 0.15) is 20.3 Å². The molecule has 0 atom stereocenters. The van der Waals surface area contributed by atoms with Crippen molar-refractivity contribution in [3.8, 4) is 16.3 Å². The summed E-state index contributed by atoms with van der Waals surface area (Å²) in [4.78, 5) is 15.3. The van der Waals surface area contributed by atoms with Crippen LogP contribution in [0.2, 0.25) is 0 Å². The maximum atomic E-state index is 11.0. The number of hydrogen-bond acceptors (Lipinski definition) is 6. The third-order valence-corrected chi connectivity index (χ3v) is 3.39. The first-order chi connectivity index (χ1) is 9.60. The summed E-state index contributed by atoms with van der Waals surface area (Å²) in [5.74, 6) is 0.834. The van der Waals surface area contributed by atoms with Gasteiger partial charge >= 0.3 is 0 Å². The van der Waals surface area contributed by atoms with Crippen LogP contribution in [-0.2, 0) is 4.79 Å². The lowest BCUT2D eigenvalue weighted by molar-refractivity contribution is -0.115. The van der Waals surface area contributed by atoms with E-state index < -0.39 is 0 Å². The van der Waals surface area contributed by atoms with Gasteiger partial charge in [0.2, 0.25) is 5.13 Å². The molecule has 0 amide bonds. The molecule has 0 N–H and O–H groups in total. The third-order valence-electron chi connectivity index (χ3n) is 2.54. The molecule has 1 aromatic carbocycles. The smallest absolute Gasteiger partial charge is 0.231 e. The summed E-state index contributed by atoms with van der Waals surface area (Å²) in [5.41, 5.74) is 1.62. The van der Waals surface area contributed by atoms with Gasteiger partial charge in [0.1, 0.15) is 11.5 Å². The number of carbonyl (C=O) groups is 1. The molecule has 0 saturated heterocycles. The number of Topliss-reactive ketones (excluding diaryl/α,β-unsaturated/α-hetero) is 1. The lowest BCUT2D eigenvalue weighted by atomic mass is 10.2. The summed E-state index contributed by atoms with van der Waals surface area (Å²) in [7, 11) is 1.62. The van der Waals surface area contributed by atoms with E-state index in [0.29, 0.717) is 11.6 Å². The number of ether oxygens (including phenoxy) is 1. The largest absolute Gasteiger partial charge is 0.496 e. The molecule has 0 saturated carbocycles. The number of nitrogens with zero attached hydrogens (tertiary/aromatic N) is 3. The minimum absolute atomic E-state index is 0.0840. The Kier molecular flexibility index (Phi) is 4.57. The lowest BCUT2D eigenvalue weighted by Gasteiger charge is -2.03. The zero-order valence-corrected chi connectivity index (χ0v) is 12.4. The van der Waals surface area contributed by atoms with Crippen molar-refractivity contribution >= 4 is 28.0 Å². The number of benzene rings is 1. The van der Waals surface area contributed by atoms with Crippen molar-refractivity contribution in [1.82, 2.24) is 10.2 Å². The molecule has 5 nitrogen and oxygen atoms in total. The summed E-state index contributed by atoms with van der Waals surface area (Å²) in [5, 5.41) is 9.45. The number of para-hydroxylation sites is 1. The SMILES string of the molecule is COc1ccccc1-c1nnc(/N=C(\C)CC(C)=O)s1. The second-order valence-electron chi connectivity index (χ2n) is 4.32. The molecule has 2 aromatic rings. The van der Waals surface area contributed by atoms with Crippen LogP contribution < -0.4 is 4.74 Å². The average molecular weight is 289 g/mol. The molecule has 2 rings (SSSR count). The Hall–Kier alpha value is -2.08. The quantitative estimate of drug-likeness (QED) is 0.792. The molecule has 0 unspecified atom stereocenters. The first kappa shape index (κ1) is 14.3. The van der Waals surface area contributed by atoms with E-state index in [2.05, 4.69) is 15.2 Å². The topological polar surface area (TPSA) is 64.4 Å². The Labute approximate surface area is 121 Å². The molecule has 0 aliphatic rings. The summed E-state index contributed by atoms with van der Waals surface area (Å²) in [6.45, 7) is 3.35. The Morgan fingerprint density at radius 2 is 2.05 bits per heavy atom. The van der Waals surface area contributed by atoms with E-state index in [9.17, 15) is 4.79 Å². The molecule has 0 bridgehead atoms. The highest BCUT2D eigenvalue weighted by atomic mass is 32.1. The van der Waals surface area contributed by atoms with E-state index in [1.54, 1.807) is 14.0 Å². The second kappa shape index (κ2) is 6.38. The van der Waals surface area contributed by atoms with E-state index >= 15 is 0 Å². The first-order valence-corrected chi connectivity index (χ1v) is 6.92. The van der Waals surface area contributed by atoms with Crippen molar-refractivity contribution in [2.24, 2.45) is 4.99 Å². The fourth-order valence-corrected chi connectivity index (χ4v) is 2.57. The monoisotopic (exact) mass is 289 g/mol. The van der Waals surface area contributed by atoms with E-state index in [-0.39, 0.29) is 5.78 Å². The molecule has 1 aromatic heterocycles. The number of rotatable bonds is 5. The number of aromatic nitrogens is 2. The van der Waals surface area contributed by atoms with Crippen molar-refractivity contribution in [3.05, 3.63) is 24.3 Å². The molecular weight excluding hydrogens is 274 g/mol. The Balaban J connectivity index is 2.27. The van der Waals surface area contributed by atoms with Crippen LogP contribution in [0, 0.1) is 0 Å². The van der Waals surface area contributed by atoms with Gasteiger partial charge in [-0.3, -0.25) is 4.79 Å². The van der Waals surface area contributed by atoms with Crippen LogP contribution in [0.4, 0.5) is 5.13 Å². The van der Waals surface area contributed by atoms with Gasteiger partial charge in [0, 0.05) is 12.1 Å². The van der Waals surface area contributed by atoms with Crippen LogP contribution >= 0.6 is 11.3 Å². The molecule has 0 spiro atoms. The highest BCUT2D eigenvalue weighted by Gasteiger charge is 2.11. The molecule has 104 valence electrons. The number of aliphatic imine (C=N–C) groups is 1. The highest BCUT2D eigenvalue weighted by Crippen LogP contribution is 2.34. The van der Waals surface area contributed by atoms with Gasteiger partial charge in [0.15, 0.2) is 5.01 Å². The molecule has 0 aliphatic heterocycles. The predicted molar refractivity (Wildman–Crippen MR) is 80.0 cm³/mol. The van der Waals surface area contributed by atoms with Gasteiger partial charge in [-0.1, -0.05) is 23.5 Å². The predicted octanol–water partition coefficient (Wildman–Crippen LogP) is 3.29. The standard InChI is InChI=1S/C14H15N3O2S/c1-9(8-10(2)18)15-14-17-16-13(20-14)11-6-4-5-7-12(11)19-3/h4-7H,8H2,1-3H3/b15-9+. The minimum atomic E-state index is 0.0840. The van der Waals surface area contributed by atoms with Crippen LogP contribution in [-0.4, -0.2) is 28.8 Å². The molecule has 6 heteroatoms. The van der Waals surface area contributed by atoms with Gasteiger partial charge in [-0.05, 0) is 26.0 Å². The van der Waals surface area contributed by atoms with Crippen molar-refractivity contribution in [3.63, 3.8) is 0 Å². The zero-order chi connectivity index (χ0) is 14.5. The molecule has 0 radical (unpaired) electrons. The van der Waals surface area contributed by atoms with Crippen molar-refractivity contribution in [2.45, 2.75) is 20.3 Å². The van der Waals surface area contributed by atoms with Crippen molar-refractivity contribution in [2.75, 3.05) is 7.11 Å². The van der Waals surface area contributed by atoms with Crippen molar-refractivity contribution < 1.29 is 9.53 Å². The fourth-order valence-electron chi connectivity index (χ4n) is 1.75. The summed E-state index contributed by atoms with van der Waals surface area (Å²) < 4.78 is 5.30. The molecule has 0 fully saturated rings. The van der Waals surface area contributed by atoms with Gasteiger partial charge in [-0.2, -0.15) is 0 Å². The van der Waals surface area contributed by atoms with E-state index in [0.717, 1.165) is 22.0 Å². The zero-order valence-electron chi connectivity index (χ0n) is 11.6. The summed E-state index contributed by atoms with van der Waals surface area (Å²) in [6, 6.07) is 7.62. The lowest BCUT2D eigenvalue weighted by Crippen LogP contribution is -1.98. The average Bonchev–Trinajstić information content (AvgIpc) is 2.85. The van der Waals surface area contributed by atoms with E-state index in [1.807, 2.05) is 31.2 Å². The number of methoxy groups -OCH3 is 1. The van der Waals surface area contributed by atoms with Crippen molar-refractivity contribution in [1.29, 1.82) is 0 Å². The molecule has 20 heavy (non-hydrogen) atoms. The number of hydrogen-bond donors (Lipinski definition) is 0. The maximum absolute atomic E-state index is 11.0. The van der Waals surface area contributed by atoms with E-state index in [1.165, 1.54) is 11.3 Å². The maximum Gasteiger partial charge on any atom is 0.231 e. The fraction of sp³-hybridized carbons (Fsp3) is 0.286. The number of carbonyl (C=O) groups excluding carboxylic acids is 1. The number of ketones is 1. The second-order valence-corrected chi connectivity index (χ2v) is 5.27. The normalized spacial score (nSPS) is 11.4. The Bertz CT molecular complexity index is 649. The third kappa shape index (κ3) is 3.48. The van der Waals surface area contributed by atoms with Crippen LogP contribution in [0.15, 0.2) is 29.3 Å². The Morgan fingerprint density at radius 1 is 1.30 bits per heavy atom. The summed E-state index contributed by atoms with van der Waals surface area (Å²) in [6.07, 6.45) is 0.337.